The minimum Gasteiger partial charge on any atom is -0.366 e. The molecule has 0 bridgehead atoms. The first-order valence-electron chi connectivity index (χ1n) is 4.71. The van der Waals surface area contributed by atoms with Gasteiger partial charge in [-0.05, 0) is 0 Å². The second kappa shape index (κ2) is 4.80. The van der Waals surface area contributed by atoms with E-state index in [0.29, 0.717) is 10.1 Å². The zero-order valence-corrected chi connectivity index (χ0v) is 10.1. The Morgan fingerprint density at radius 1 is 1.57 bits per heavy atom. The van der Waals surface area contributed by atoms with E-state index in [-0.39, 0.29) is 11.5 Å². The molecule has 0 heterocycles. The van der Waals surface area contributed by atoms with Crippen LogP contribution in [0.5, 0.6) is 0 Å². The summed E-state index contributed by atoms with van der Waals surface area (Å²) in [6, 6.07) is -0.0139. The predicted octanol–water partition coefficient (Wildman–Crippen LogP) is 1.47. The smallest absolute Gasteiger partial charge is 0.250 e. The Labute approximate surface area is 91.1 Å². The first-order valence-corrected chi connectivity index (χ1v) is 5.14. The topological polar surface area (TPSA) is 43.1 Å². The summed E-state index contributed by atoms with van der Waals surface area (Å²) in [5.41, 5.74) is 5.58. The van der Waals surface area contributed by atoms with Gasteiger partial charge in [-0.1, -0.05) is 25.1 Å². The van der Waals surface area contributed by atoms with E-state index >= 15 is 0 Å². The predicted molar refractivity (Wildman–Crippen MR) is 59.8 cm³/mol. The lowest BCUT2D eigenvalue weighted by atomic mass is 10.0. The third-order valence-corrected chi connectivity index (χ3v) is 3.33. The van der Waals surface area contributed by atoms with E-state index in [1.807, 2.05) is 27.9 Å². The minimum atomic E-state index is -0.444. The van der Waals surface area contributed by atoms with Gasteiger partial charge in [0.2, 0.25) is 5.91 Å². The van der Waals surface area contributed by atoms with Crippen molar-refractivity contribution in [2.45, 2.75) is 31.8 Å². The molecule has 0 aliphatic heterocycles. The van der Waals surface area contributed by atoms with Crippen molar-refractivity contribution in [2.24, 2.45) is 5.73 Å². The van der Waals surface area contributed by atoms with Crippen molar-refractivity contribution in [1.29, 1.82) is 0 Å². The maximum Gasteiger partial charge on any atom is 0.250 e. The summed E-state index contributed by atoms with van der Waals surface area (Å²) in [6.45, 7) is 7.62. The van der Waals surface area contributed by atoms with E-state index in [9.17, 15) is 4.79 Å². The summed E-state index contributed by atoms with van der Waals surface area (Å²) >= 11 is 6.07. The van der Waals surface area contributed by atoms with Gasteiger partial charge in [-0.25, -0.2) is 0 Å². The Kier molecular flexibility index (Phi) is 4.62. The van der Waals surface area contributed by atoms with Crippen LogP contribution in [0.4, 0.5) is 0 Å². The molecule has 0 aliphatic carbocycles. The van der Waals surface area contributed by atoms with Crippen LogP contribution in [0.3, 0.4) is 0 Å². The molecule has 4 heteroatoms. The number of carbonyl (C=O) groups is 1. The Bertz CT molecular complexity index is 236. The standard InChI is InChI=1S/C10H19ClN2O/c1-6-9(7(2)10(12)14)13(4,5)8(3)11/h8-9H,2,6H2,1,3-5H3,(H-,12,14)/p+1. The highest BCUT2D eigenvalue weighted by Crippen LogP contribution is 2.23. The molecule has 0 spiro atoms. The summed E-state index contributed by atoms with van der Waals surface area (Å²) in [6.07, 6.45) is 0.797. The number of amides is 1. The maximum atomic E-state index is 11.0. The van der Waals surface area contributed by atoms with Crippen molar-refractivity contribution in [3.05, 3.63) is 12.2 Å². The summed E-state index contributed by atoms with van der Waals surface area (Å²) < 4.78 is 0.514. The van der Waals surface area contributed by atoms with Crippen molar-refractivity contribution in [3.8, 4) is 0 Å². The highest BCUT2D eigenvalue weighted by Gasteiger charge is 2.35. The highest BCUT2D eigenvalue weighted by molar-refractivity contribution is 6.19. The van der Waals surface area contributed by atoms with Crippen molar-refractivity contribution in [2.75, 3.05) is 14.1 Å². The number of alkyl halides is 1. The normalized spacial score (nSPS) is 16.1. The van der Waals surface area contributed by atoms with Crippen LogP contribution in [0, 0.1) is 0 Å². The molecule has 82 valence electrons. The third kappa shape index (κ3) is 2.72. The molecule has 0 aromatic rings. The zero-order valence-electron chi connectivity index (χ0n) is 9.38. The fraction of sp³-hybridized carbons (Fsp3) is 0.700. The van der Waals surface area contributed by atoms with Crippen LogP contribution in [0.25, 0.3) is 0 Å². The second-order valence-electron chi connectivity index (χ2n) is 4.02. The van der Waals surface area contributed by atoms with Gasteiger partial charge in [-0.15, -0.1) is 0 Å². The lowest BCUT2D eigenvalue weighted by molar-refractivity contribution is -0.919. The van der Waals surface area contributed by atoms with Crippen LogP contribution < -0.4 is 5.73 Å². The van der Waals surface area contributed by atoms with Gasteiger partial charge in [-0.3, -0.25) is 4.79 Å². The SMILES string of the molecule is C=C(C(N)=O)C(CC)[N+](C)(C)C(C)Cl. The number of nitrogens with two attached hydrogens (primary N) is 1. The second-order valence-corrected chi connectivity index (χ2v) is 4.65. The van der Waals surface area contributed by atoms with E-state index in [4.69, 9.17) is 17.3 Å². The number of quaternary nitrogens is 1. The number of halogens is 1. The Morgan fingerprint density at radius 2 is 2.00 bits per heavy atom. The van der Waals surface area contributed by atoms with Crippen LogP contribution in [-0.4, -0.2) is 36.0 Å². The van der Waals surface area contributed by atoms with Crippen LogP contribution in [-0.2, 0) is 4.79 Å². The molecule has 0 saturated carbocycles. The van der Waals surface area contributed by atoms with Crippen molar-refractivity contribution in [1.82, 2.24) is 0 Å². The van der Waals surface area contributed by atoms with Gasteiger partial charge < -0.3 is 10.2 Å². The maximum absolute atomic E-state index is 11.0. The largest absolute Gasteiger partial charge is 0.366 e. The van der Waals surface area contributed by atoms with E-state index in [1.54, 1.807) is 0 Å². The molecule has 0 radical (unpaired) electrons. The Balaban J connectivity index is 4.89. The molecule has 14 heavy (non-hydrogen) atoms. The fourth-order valence-corrected chi connectivity index (χ4v) is 1.67. The number of rotatable bonds is 5. The summed E-state index contributed by atoms with van der Waals surface area (Å²) in [5.74, 6) is -0.444. The van der Waals surface area contributed by atoms with Crippen LogP contribution >= 0.6 is 11.6 Å². The fourth-order valence-electron chi connectivity index (χ4n) is 1.53. The number of hydrogen-bond donors (Lipinski definition) is 1. The summed E-state index contributed by atoms with van der Waals surface area (Å²) in [4.78, 5) is 11.0. The van der Waals surface area contributed by atoms with Crippen molar-refractivity contribution >= 4 is 17.5 Å². The quantitative estimate of drug-likeness (QED) is 0.324. The first kappa shape index (κ1) is 13.5. The average molecular weight is 220 g/mol. The first-order chi connectivity index (χ1) is 6.25. The van der Waals surface area contributed by atoms with Crippen molar-refractivity contribution in [3.63, 3.8) is 0 Å². The van der Waals surface area contributed by atoms with Crippen molar-refractivity contribution < 1.29 is 9.28 Å². The van der Waals surface area contributed by atoms with Crippen LogP contribution in [0.15, 0.2) is 12.2 Å². The molecular formula is C10H20ClN2O+. The number of carbonyl (C=O) groups excluding carboxylic acids is 1. The van der Waals surface area contributed by atoms with Gasteiger partial charge in [0, 0.05) is 13.3 Å². The molecule has 0 aromatic heterocycles. The van der Waals surface area contributed by atoms with Crippen LogP contribution in [0.2, 0.25) is 0 Å². The molecular weight excluding hydrogens is 200 g/mol. The molecule has 3 nitrogen and oxygen atoms in total. The van der Waals surface area contributed by atoms with Gasteiger partial charge >= 0.3 is 0 Å². The highest BCUT2D eigenvalue weighted by atomic mass is 35.5. The molecule has 0 aromatic carbocycles. The molecule has 0 fully saturated rings. The number of likely N-dealkylation sites (N-methyl/N-ethyl adjacent to an activating group) is 1. The molecule has 2 unspecified atom stereocenters. The van der Waals surface area contributed by atoms with E-state index in [1.165, 1.54) is 0 Å². The minimum absolute atomic E-state index is 0.0139. The summed E-state index contributed by atoms with van der Waals surface area (Å²) in [7, 11) is 3.94. The van der Waals surface area contributed by atoms with Gasteiger partial charge in [-0.2, -0.15) is 0 Å². The van der Waals surface area contributed by atoms with Gasteiger partial charge in [0.15, 0.2) is 5.50 Å². The number of hydrogen-bond acceptors (Lipinski definition) is 1. The summed E-state index contributed by atoms with van der Waals surface area (Å²) in [5, 5.41) is 0. The van der Waals surface area contributed by atoms with Gasteiger partial charge in [0.05, 0.1) is 19.7 Å². The third-order valence-electron chi connectivity index (χ3n) is 2.83. The molecule has 2 atom stereocenters. The average Bonchev–Trinajstić information content (AvgIpc) is 2.04. The number of primary amides is 1. The number of nitrogens with zero attached hydrogens (tertiary/aromatic N) is 1. The van der Waals surface area contributed by atoms with E-state index < -0.39 is 5.91 Å². The van der Waals surface area contributed by atoms with E-state index in [0.717, 1.165) is 6.42 Å². The monoisotopic (exact) mass is 219 g/mol. The molecule has 1 amide bonds. The Morgan fingerprint density at radius 3 is 2.21 bits per heavy atom. The molecule has 0 saturated heterocycles. The van der Waals surface area contributed by atoms with Crippen LogP contribution in [0.1, 0.15) is 20.3 Å². The zero-order chi connectivity index (χ0) is 11.5. The molecule has 0 aliphatic rings. The molecule has 2 N–H and O–H groups in total. The Hall–Kier alpha value is -0.540. The lowest BCUT2D eigenvalue weighted by Gasteiger charge is -2.40. The van der Waals surface area contributed by atoms with Gasteiger partial charge in [0.1, 0.15) is 6.04 Å². The van der Waals surface area contributed by atoms with E-state index in [2.05, 4.69) is 6.58 Å². The lowest BCUT2D eigenvalue weighted by Crippen LogP contribution is -2.54. The van der Waals surface area contributed by atoms with Gasteiger partial charge in [0.25, 0.3) is 0 Å². The molecule has 0 rings (SSSR count).